The average molecular weight is 232 g/mol. The number of nitrogens with zero attached hydrogens (tertiary/aromatic N) is 1. The summed E-state index contributed by atoms with van der Waals surface area (Å²) in [5, 5.41) is 20.2. The first kappa shape index (κ1) is 14.7. The van der Waals surface area contributed by atoms with Gasteiger partial charge in [-0.25, -0.2) is 9.59 Å². The van der Waals surface area contributed by atoms with Crippen molar-refractivity contribution in [1.82, 2.24) is 10.2 Å². The molecule has 6 heteroatoms. The molecule has 0 aliphatic rings. The van der Waals surface area contributed by atoms with Crippen LogP contribution in [0.1, 0.15) is 26.7 Å². The first-order chi connectivity index (χ1) is 7.40. The number of urea groups is 1. The number of unbranched alkanes of at least 4 members (excludes halogenated alkanes) is 1. The minimum Gasteiger partial charge on any atom is -0.480 e. The third kappa shape index (κ3) is 4.97. The standard InChI is InChI=1S/C10H20N2O4/c1-4-5-6-12(3)10(16)11-8(7(2)13)9(14)15/h7-8,13H,4-6H2,1-3H3,(H,11,16)(H,14,15)/t7-,8+/m1/s1. The summed E-state index contributed by atoms with van der Waals surface area (Å²) in [6.07, 6.45) is 0.688. The molecular weight excluding hydrogens is 212 g/mol. The number of aliphatic hydroxyl groups excluding tert-OH is 1. The molecule has 94 valence electrons. The number of hydrogen-bond acceptors (Lipinski definition) is 3. The molecule has 0 saturated heterocycles. The van der Waals surface area contributed by atoms with Crippen LogP contribution in [0.25, 0.3) is 0 Å². The van der Waals surface area contributed by atoms with E-state index in [1.807, 2.05) is 6.92 Å². The third-order valence-electron chi connectivity index (χ3n) is 2.22. The molecule has 16 heavy (non-hydrogen) atoms. The Bertz CT molecular complexity index is 243. The Balaban J connectivity index is 4.24. The number of nitrogens with one attached hydrogen (secondary N) is 1. The van der Waals surface area contributed by atoms with Gasteiger partial charge in [-0.3, -0.25) is 0 Å². The fraction of sp³-hybridized carbons (Fsp3) is 0.800. The van der Waals surface area contributed by atoms with Gasteiger partial charge in [0.05, 0.1) is 6.10 Å². The smallest absolute Gasteiger partial charge is 0.328 e. The summed E-state index contributed by atoms with van der Waals surface area (Å²) < 4.78 is 0. The van der Waals surface area contributed by atoms with Crippen LogP contribution in [0.4, 0.5) is 4.79 Å². The van der Waals surface area contributed by atoms with Gasteiger partial charge >= 0.3 is 12.0 Å². The van der Waals surface area contributed by atoms with Gasteiger partial charge in [0.2, 0.25) is 0 Å². The van der Waals surface area contributed by atoms with Crippen molar-refractivity contribution in [1.29, 1.82) is 0 Å². The molecule has 6 nitrogen and oxygen atoms in total. The van der Waals surface area contributed by atoms with Crippen molar-refractivity contribution in [3.05, 3.63) is 0 Å². The zero-order chi connectivity index (χ0) is 12.7. The fourth-order valence-corrected chi connectivity index (χ4v) is 1.13. The van der Waals surface area contributed by atoms with E-state index in [1.54, 1.807) is 7.05 Å². The average Bonchev–Trinajstić information content (AvgIpc) is 2.20. The van der Waals surface area contributed by atoms with E-state index >= 15 is 0 Å². The highest BCUT2D eigenvalue weighted by Gasteiger charge is 2.25. The lowest BCUT2D eigenvalue weighted by Crippen LogP contribution is -2.51. The molecule has 0 unspecified atom stereocenters. The van der Waals surface area contributed by atoms with E-state index in [2.05, 4.69) is 5.32 Å². The lowest BCUT2D eigenvalue weighted by atomic mass is 10.2. The molecule has 0 aromatic carbocycles. The number of carboxylic acids is 1. The van der Waals surface area contributed by atoms with Crippen LogP contribution in [0.15, 0.2) is 0 Å². The SMILES string of the molecule is CCCCN(C)C(=O)N[C@H](C(=O)O)[C@@H](C)O. The molecule has 0 spiro atoms. The minimum absolute atomic E-state index is 0.484. The number of carbonyl (C=O) groups excluding carboxylic acids is 1. The van der Waals surface area contributed by atoms with Crippen molar-refractivity contribution in [2.24, 2.45) is 0 Å². The molecule has 0 bridgehead atoms. The van der Waals surface area contributed by atoms with Crippen molar-refractivity contribution in [3.8, 4) is 0 Å². The van der Waals surface area contributed by atoms with Gasteiger partial charge < -0.3 is 20.4 Å². The Labute approximate surface area is 95.2 Å². The van der Waals surface area contributed by atoms with Gasteiger partial charge in [0.15, 0.2) is 6.04 Å². The second kappa shape index (κ2) is 7.05. The summed E-state index contributed by atoms with van der Waals surface area (Å²) >= 11 is 0. The minimum atomic E-state index is -1.27. The maximum absolute atomic E-state index is 11.5. The van der Waals surface area contributed by atoms with Crippen LogP contribution in [0.2, 0.25) is 0 Å². The Hall–Kier alpha value is -1.30. The highest BCUT2D eigenvalue weighted by atomic mass is 16.4. The zero-order valence-electron chi connectivity index (χ0n) is 9.93. The van der Waals surface area contributed by atoms with E-state index in [0.29, 0.717) is 6.54 Å². The largest absolute Gasteiger partial charge is 0.480 e. The van der Waals surface area contributed by atoms with E-state index < -0.39 is 24.1 Å². The maximum Gasteiger partial charge on any atom is 0.328 e. The highest BCUT2D eigenvalue weighted by Crippen LogP contribution is 1.97. The number of rotatable bonds is 6. The van der Waals surface area contributed by atoms with Crippen molar-refractivity contribution >= 4 is 12.0 Å². The number of carbonyl (C=O) groups is 2. The highest BCUT2D eigenvalue weighted by molar-refractivity contribution is 5.82. The van der Waals surface area contributed by atoms with Gasteiger partial charge in [-0.2, -0.15) is 0 Å². The molecular formula is C10H20N2O4. The maximum atomic E-state index is 11.5. The first-order valence-electron chi connectivity index (χ1n) is 5.32. The van der Waals surface area contributed by atoms with Crippen LogP contribution in [0, 0.1) is 0 Å². The second-order valence-corrected chi connectivity index (χ2v) is 3.78. The van der Waals surface area contributed by atoms with E-state index in [4.69, 9.17) is 5.11 Å². The number of hydrogen-bond donors (Lipinski definition) is 3. The molecule has 0 aromatic heterocycles. The Morgan fingerprint density at radius 3 is 2.38 bits per heavy atom. The van der Waals surface area contributed by atoms with Crippen LogP contribution < -0.4 is 5.32 Å². The van der Waals surface area contributed by atoms with Crippen molar-refractivity contribution in [3.63, 3.8) is 0 Å². The molecule has 0 fully saturated rings. The monoisotopic (exact) mass is 232 g/mol. The predicted molar refractivity (Wildman–Crippen MR) is 59.2 cm³/mol. The number of amides is 2. The van der Waals surface area contributed by atoms with Gasteiger partial charge in [-0.05, 0) is 13.3 Å². The Kier molecular flexibility index (Phi) is 6.48. The molecule has 0 radical (unpaired) electrons. The summed E-state index contributed by atoms with van der Waals surface area (Å²) in [5.74, 6) is -1.24. The van der Waals surface area contributed by atoms with E-state index in [1.165, 1.54) is 11.8 Å². The van der Waals surface area contributed by atoms with Crippen LogP contribution >= 0.6 is 0 Å². The van der Waals surface area contributed by atoms with E-state index in [0.717, 1.165) is 12.8 Å². The van der Waals surface area contributed by atoms with Gasteiger partial charge in [0.25, 0.3) is 0 Å². The van der Waals surface area contributed by atoms with Gasteiger partial charge in [-0.1, -0.05) is 13.3 Å². The molecule has 2 atom stereocenters. The molecule has 0 aliphatic carbocycles. The summed E-state index contributed by atoms with van der Waals surface area (Å²) in [4.78, 5) is 23.6. The molecule has 0 saturated carbocycles. The number of carboxylic acid groups (broad SMARTS) is 1. The predicted octanol–water partition coefficient (Wildman–Crippen LogP) is 0.262. The quantitative estimate of drug-likeness (QED) is 0.613. The summed E-state index contributed by atoms with van der Waals surface area (Å²) in [6, 6.07) is -1.75. The molecule has 3 N–H and O–H groups in total. The lowest BCUT2D eigenvalue weighted by molar-refractivity contribution is -0.141. The van der Waals surface area contributed by atoms with Crippen molar-refractivity contribution in [2.75, 3.05) is 13.6 Å². The Morgan fingerprint density at radius 2 is 2.00 bits per heavy atom. The van der Waals surface area contributed by atoms with Crippen LogP contribution in [0.5, 0.6) is 0 Å². The summed E-state index contributed by atoms with van der Waals surface area (Å²) in [6.45, 7) is 3.89. The van der Waals surface area contributed by atoms with Gasteiger partial charge in [-0.15, -0.1) is 0 Å². The Morgan fingerprint density at radius 1 is 1.44 bits per heavy atom. The topological polar surface area (TPSA) is 89.9 Å². The molecule has 2 amide bonds. The van der Waals surface area contributed by atoms with Crippen molar-refractivity contribution < 1.29 is 19.8 Å². The fourth-order valence-electron chi connectivity index (χ4n) is 1.13. The summed E-state index contributed by atoms with van der Waals surface area (Å²) in [7, 11) is 1.59. The van der Waals surface area contributed by atoms with Crippen LogP contribution in [0.3, 0.4) is 0 Å². The normalized spacial score (nSPS) is 14.0. The second-order valence-electron chi connectivity index (χ2n) is 3.78. The van der Waals surface area contributed by atoms with Crippen LogP contribution in [-0.2, 0) is 4.79 Å². The first-order valence-corrected chi connectivity index (χ1v) is 5.32. The zero-order valence-corrected chi connectivity index (χ0v) is 9.93. The third-order valence-corrected chi connectivity index (χ3v) is 2.22. The van der Waals surface area contributed by atoms with Crippen molar-refractivity contribution in [2.45, 2.75) is 38.8 Å². The molecule has 0 rings (SSSR count). The van der Waals surface area contributed by atoms with Crippen LogP contribution in [-0.4, -0.2) is 52.9 Å². The van der Waals surface area contributed by atoms with E-state index in [9.17, 15) is 14.7 Å². The molecule has 0 heterocycles. The summed E-state index contributed by atoms with van der Waals surface area (Å²) in [5.41, 5.74) is 0. The van der Waals surface area contributed by atoms with Gasteiger partial charge in [0.1, 0.15) is 0 Å². The molecule has 0 aliphatic heterocycles. The van der Waals surface area contributed by atoms with E-state index in [-0.39, 0.29) is 0 Å². The van der Waals surface area contributed by atoms with Gasteiger partial charge in [0, 0.05) is 13.6 Å². The molecule has 0 aromatic rings. The number of aliphatic carboxylic acids is 1. The number of aliphatic hydroxyl groups is 1. The lowest BCUT2D eigenvalue weighted by Gasteiger charge is -2.22.